The van der Waals surface area contributed by atoms with Gasteiger partial charge in [0.05, 0.1) is 11.9 Å². The van der Waals surface area contributed by atoms with Crippen molar-refractivity contribution in [2.45, 2.75) is 76.8 Å². The summed E-state index contributed by atoms with van der Waals surface area (Å²) in [4.78, 5) is 28.1. The summed E-state index contributed by atoms with van der Waals surface area (Å²) in [5, 5.41) is 2.86. The van der Waals surface area contributed by atoms with E-state index in [0.717, 1.165) is 36.0 Å². The van der Waals surface area contributed by atoms with Gasteiger partial charge < -0.3 is 10.2 Å². The summed E-state index contributed by atoms with van der Waals surface area (Å²) >= 11 is 0. The van der Waals surface area contributed by atoms with E-state index in [1.165, 1.54) is 53.3 Å². The lowest BCUT2D eigenvalue weighted by molar-refractivity contribution is -0.139. The van der Waals surface area contributed by atoms with Crippen molar-refractivity contribution in [3.63, 3.8) is 0 Å². The standard InChI is InChI=1S/C32H43N3O4S/c1-4-14-33-31(37)23(2)34(21-24-8-6-5-7-9-24)30(36)22-35(40(3,38)39)29-12-10-28(11-13-29)32-18-25-15-26(19-32)17-27(16-25)20-32/h5-13,23,25-27H,4,14-22H2,1-3H3,(H,33,37)/t23-,25?,26?,27?,32?/m0/s1. The van der Waals surface area contributed by atoms with Crippen molar-refractivity contribution in [1.82, 2.24) is 10.2 Å². The first-order valence-electron chi connectivity index (χ1n) is 14.8. The molecule has 4 aliphatic rings. The summed E-state index contributed by atoms with van der Waals surface area (Å²) in [6.07, 6.45) is 9.73. The highest BCUT2D eigenvalue weighted by atomic mass is 32.2. The van der Waals surface area contributed by atoms with Crippen LogP contribution in [-0.2, 0) is 31.6 Å². The molecular weight excluding hydrogens is 522 g/mol. The molecule has 0 heterocycles. The molecule has 2 aromatic rings. The van der Waals surface area contributed by atoms with Crippen LogP contribution in [0.25, 0.3) is 0 Å². The summed E-state index contributed by atoms with van der Waals surface area (Å²) in [6.45, 7) is 4.02. The van der Waals surface area contributed by atoms with Gasteiger partial charge in [0, 0.05) is 13.1 Å². The predicted octanol–water partition coefficient (Wildman–Crippen LogP) is 4.86. The third-order valence-electron chi connectivity index (χ3n) is 9.40. The molecule has 4 aliphatic carbocycles. The Balaban J connectivity index is 1.37. The van der Waals surface area contributed by atoms with Gasteiger partial charge in [-0.2, -0.15) is 0 Å². The molecule has 0 unspecified atom stereocenters. The van der Waals surface area contributed by atoms with Crippen molar-refractivity contribution in [3.8, 4) is 0 Å². The minimum atomic E-state index is -3.75. The number of rotatable bonds is 11. The molecule has 4 bridgehead atoms. The number of hydrogen-bond acceptors (Lipinski definition) is 4. The first kappa shape index (κ1) is 28.7. The van der Waals surface area contributed by atoms with Gasteiger partial charge in [0.2, 0.25) is 21.8 Å². The van der Waals surface area contributed by atoms with Crippen LogP contribution in [0.2, 0.25) is 0 Å². The van der Waals surface area contributed by atoms with Crippen LogP contribution in [0.4, 0.5) is 5.69 Å². The molecule has 7 nitrogen and oxygen atoms in total. The minimum Gasteiger partial charge on any atom is -0.354 e. The Morgan fingerprint density at radius 2 is 1.52 bits per heavy atom. The van der Waals surface area contributed by atoms with Crippen LogP contribution in [0.3, 0.4) is 0 Å². The number of sulfonamides is 1. The van der Waals surface area contributed by atoms with Gasteiger partial charge >= 0.3 is 0 Å². The normalized spacial score (nSPS) is 25.8. The van der Waals surface area contributed by atoms with Crippen molar-refractivity contribution in [2.24, 2.45) is 17.8 Å². The second-order valence-corrected chi connectivity index (χ2v) is 14.4. The SMILES string of the molecule is CCCNC(=O)[C@H](C)N(Cc1ccccc1)C(=O)CN(c1ccc(C23CC4CC(CC(C4)C2)C3)cc1)S(C)(=O)=O. The summed E-state index contributed by atoms with van der Waals surface area (Å²) in [6, 6.07) is 16.6. The van der Waals surface area contributed by atoms with Crippen molar-refractivity contribution < 1.29 is 18.0 Å². The zero-order valence-electron chi connectivity index (χ0n) is 24.0. The minimum absolute atomic E-state index is 0.211. The maximum absolute atomic E-state index is 13.7. The fourth-order valence-corrected chi connectivity index (χ4v) is 8.67. The second-order valence-electron chi connectivity index (χ2n) is 12.5. The van der Waals surface area contributed by atoms with Crippen LogP contribution in [0.15, 0.2) is 54.6 Å². The Bertz CT molecular complexity index is 1270. The van der Waals surface area contributed by atoms with Gasteiger partial charge in [-0.1, -0.05) is 49.4 Å². The van der Waals surface area contributed by atoms with Gasteiger partial charge in [-0.05, 0) is 98.3 Å². The highest BCUT2D eigenvalue weighted by Crippen LogP contribution is 2.60. The van der Waals surface area contributed by atoms with Gasteiger partial charge in [-0.15, -0.1) is 0 Å². The fourth-order valence-electron chi connectivity index (χ4n) is 7.82. The fraction of sp³-hybridized carbons (Fsp3) is 0.562. The highest BCUT2D eigenvalue weighted by molar-refractivity contribution is 7.92. The number of nitrogens with zero attached hydrogens (tertiary/aromatic N) is 2. The zero-order chi connectivity index (χ0) is 28.5. The molecule has 0 saturated heterocycles. The summed E-state index contributed by atoms with van der Waals surface area (Å²) < 4.78 is 27.1. The largest absolute Gasteiger partial charge is 0.354 e. The Labute approximate surface area is 239 Å². The van der Waals surface area contributed by atoms with E-state index in [0.29, 0.717) is 12.2 Å². The third kappa shape index (κ3) is 6.07. The summed E-state index contributed by atoms with van der Waals surface area (Å²) in [5.74, 6) is 1.80. The van der Waals surface area contributed by atoms with Crippen molar-refractivity contribution >= 4 is 27.5 Å². The van der Waals surface area contributed by atoms with Gasteiger partial charge in [0.1, 0.15) is 12.6 Å². The van der Waals surface area contributed by atoms with Crippen molar-refractivity contribution in [1.29, 1.82) is 0 Å². The van der Waals surface area contributed by atoms with Crippen LogP contribution in [0, 0.1) is 17.8 Å². The van der Waals surface area contributed by atoms with E-state index >= 15 is 0 Å². The van der Waals surface area contributed by atoms with E-state index in [1.54, 1.807) is 6.92 Å². The first-order chi connectivity index (χ1) is 19.1. The van der Waals surface area contributed by atoms with E-state index in [-0.39, 0.29) is 24.4 Å². The van der Waals surface area contributed by atoms with Crippen LogP contribution in [0.5, 0.6) is 0 Å². The van der Waals surface area contributed by atoms with Crippen molar-refractivity contribution in [2.75, 3.05) is 23.7 Å². The number of anilines is 1. The number of carbonyl (C=O) groups excluding carboxylic acids is 2. The van der Waals surface area contributed by atoms with E-state index < -0.39 is 22.0 Å². The van der Waals surface area contributed by atoms with Gasteiger partial charge in [0.15, 0.2) is 0 Å². The smallest absolute Gasteiger partial charge is 0.244 e. The average Bonchev–Trinajstić information content (AvgIpc) is 2.92. The number of hydrogen-bond donors (Lipinski definition) is 1. The highest BCUT2D eigenvalue weighted by Gasteiger charge is 2.51. The molecule has 0 aromatic heterocycles. The van der Waals surface area contributed by atoms with Crippen LogP contribution in [-0.4, -0.2) is 50.5 Å². The second kappa shape index (κ2) is 11.6. The molecular formula is C32H43N3O4S. The average molecular weight is 566 g/mol. The molecule has 2 aromatic carbocycles. The lowest BCUT2D eigenvalue weighted by Crippen LogP contribution is -2.51. The van der Waals surface area contributed by atoms with Gasteiger partial charge in [-0.3, -0.25) is 13.9 Å². The molecule has 2 amide bonds. The quantitative estimate of drug-likeness (QED) is 0.422. The predicted molar refractivity (Wildman–Crippen MR) is 158 cm³/mol. The first-order valence-corrected chi connectivity index (χ1v) is 16.6. The molecule has 1 N–H and O–H groups in total. The molecule has 6 rings (SSSR count). The number of nitrogens with one attached hydrogen (secondary N) is 1. The zero-order valence-corrected chi connectivity index (χ0v) is 24.8. The maximum atomic E-state index is 13.7. The number of benzene rings is 2. The molecule has 8 heteroatoms. The Morgan fingerprint density at radius 1 is 0.950 bits per heavy atom. The molecule has 4 saturated carbocycles. The third-order valence-corrected chi connectivity index (χ3v) is 10.5. The van der Waals surface area contributed by atoms with Gasteiger partial charge in [0.25, 0.3) is 0 Å². The number of amides is 2. The van der Waals surface area contributed by atoms with Gasteiger partial charge in [-0.25, -0.2) is 8.42 Å². The Hall–Kier alpha value is -2.87. The van der Waals surface area contributed by atoms with E-state index in [2.05, 4.69) is 17.4 Å². The number of carbonyl (C=O) groups is 2. The van der Waals surface area contributed by atoms with E-state index in [4.69, 9.17) is 0 Å². The van der Waals surface area contributed by atoms with E-state index in [1.807, 2.05) is 49.4 Å². The van der Waals surface area contributed by atoms with Crippen LogP contribution in [0.1, 0.15) is 69.9 Å². The molecule has 216 valence electrons. The van der Waals surface area contributed by atoms with Crippen LogP contribution < -0.4 is 9.62 Å². The Morgan fingerprint density at radius 3 is 2.05 bits per heavy atom. The molecule has 0 aliphatic heterocycles. The molecule has 1 atom stereocenters. The van der Waals surface area contributed by atoms with Crippen LogP contribution >= 0.6 is 0 Å². The Kier molecular flexibility index (Phi) is 8.27. The van der Waals surface area contributed by atoms with Crippen molar-refractivity contribution in [3.05, 3.63) is 65.7 Å². The summed E-state index contributed by atoms with van der Waals surface area (Å²) in [7, 11) is -3.75. The molecule has 4 fully saturated rings. The lowest BCUT2D eigenvalue weighted by atomic mass is 9.48. The maximum Gasteiger partial charge on any atom is 0.244 e. The lowest BCUT2D eigenvalue weighted by Gasteiger charge is -2.57. The van der Waals surface area contributed by atoms with E-state index in [9.17, 15) is 18.0 Å². The molecule has 40 heavy (non-hydrogen) atoms. The molecule has 0 spiro atoms. The topological polar surface area (TPSA) is 86.8 Å². The summed E-state index contributed by atoms with van der Waals surface area (Å²) in [5.41, 5.74) is 2.87. The molecule has 0 radical (unpaired) electrons. The monoisotopic (exact) mass is 565 g/mol.